The Labute approximate surface area is 83.9 Å². The molecule has 0 aromatic carbocycles. The second-order valence-electron chi connectivity index (χ2n) is 4.03. The number of hydrogen-bond acceptors (Lipinski definition) is 2. The third-order valence-electron chi connectivity index (χ3n) is 2.10. The van der Waals surface area contributed by atoms with Crippen LogP contribution in [0.25, 0.3) is 0 Å². The first-order valence-corrected chi connectivity index (χ1v) is 6.02. The van der Waals surface area contributed by atoms with E-state index in [2.05, 4.69) is 4.72 Å². The molecule has 3 nitrogen and oxygen atoms in total. The van der Waals surface area contributed by atoms with Gasteiger partial charge in [0, 0.05) is 12.0 Å². The predicted octanol–water partition coefficient (Wildman–Crippen LogP) is 1.61. The molecule has 0 unspecified atom stereocenters. The number of rotatable bonds is 5. The molecule has 0 aliphatic rings. The van der Waals surface area contributed by atoms with Crippen molar-refractivity contribution in [3.8, 4) is 0 Å². The van der Waals surface area contributed by atoms with Crippen molar-refractivity contribution in [1.29, 1.82) is 0 Å². The van der Waals surface area contributed by atoms with E-state index in [1.807, 2.05) is 0 Å². The largest absolute Gasteiger partial charge is 0.251 e. The van der Waals surface area contributed by atoms with Gasteiger partial charge in [0.2, 0.25) is 10.0 Å². The average Bonchev–Trinajstić information content (AvgIpc) is 1.80. The van der Waals surface area contributed by atoms with E-state index >= 15 is 0 Å². The van der Waals surface area contributed by atoms with Crippen LogP contribution in [0.5, 0.6) is 0 Å². The van der Waals surface area contributed by atoms with Crippen LogP contribution in [0.2, 0.25) is 0 Å². The Morgan fingerprint density at radius 1 is 1.21 bits per heavy atom. The van der Waals surface area contributed by atoms with Crippen LogP contribution >= 0.6 is 0 Å². The second kappa shape index (κ2) is 4.10. The first-order valence-electron chi connectivity index (χ1n) is 4.37. The molecule has 6 heteroatoms. The maximum Gasteiger partial charge on any atom is 0.251 e. The topological polar surface area (TPSA) is 46.2 Å². The second-order valence-corrected chi connectivity index (χ2v) is 5.84. The van der Waals surface area contributed by atoms with Crippen LogP contribution in [0.3, 0.4) is 0 Å². The van der Waals surface area contributed by atoms with Gasteiger partial charge in [-0.1, -0.05) is 20.8 Å². The molecule has 0 spiro atoms. The zero-order chi connectivity index (χ0) is 11.6. The summed E-state index contributed by atoms with van der Waals surface area (Å²) in [5, 5.41) is 0. The minimum atomic E-state index is -3.60. The van der Waals surface area contributed by atoms with Crippen molar-refractivity contribution in [2.24, 2.45) is 5.41 Å². The smallest absolute Gasteiger partial charge is 0.215 e. The lowest BCUT2D eigenvalue weighted by molar-refractivity contribution is -0.0768. The molecular weight excluding hydrogens is 212 g/mol. The highest BCUT2D eigenvalue weighted by Gasteiger charge is 2.44. The zero-order valence-electron chi connectivity index (χ0n) is 8.89. The van der Waals surface area contributed by atoms with Gasteiger partial charge in [-0.25, -0.2) is 21.9 Å². The molecule has 0 aliphatic heterocycles. The van der Waals surface area contributed by atoms with Crippen molar-refractivity contribution < 1.29 is 17.2 Å². The van der Waals surface area contributed by atoms with Crippen molar-refractivity contribution in [2.75, 3.05) is 12.3 Å². The fourth-order valence-corrected chi connectivity index (χ4v) is 2.62. The molecule has 0 amide bonds. The maximum atomic E-state index is 13.0. The fourth-order valence-electron chi connectivity index (χ4n) is 0.873. The van der Waals surface area contributed by atoms with E-state index in [4.69, 9.17) is 0 Å². The summed E-state index contributed by atoms with van der Waals surface area (Å²) in [4.78, 5) is 0. The van der Waals surface area contributed by atoms with E-state index in [1.54, 1.807) is 6.92 Å². The van der Waals surface area contributed by atoms with Crippen molar-refractivity contribution in [1.82, 2.24) is 4.72 Å². The minimum absolute atomic E-state index is 0.216. The van der Waals surface area contributed by atoms with Crippen molar-refractivity contribution >= 4 is 10.0 Å². The lowest BCUT2D eigenvalue weighted by Gasteiger charge is -2.30. The Hall–Kier alpha value is -0.230. The Balaban J connectivity index is 4.68. The van der Waals surface area contributed by atoms with E-state index in [1.165, 1.54) is 13.8 Å². The molecule has 0 aliphatic carbocycles. The number of sulfonamides is 1. The number of hydrogen-bond donors (Lipinski definition) is 1. The van der Waals surface area contributed by atoms with Gasteiger partial charge in [0.1, 0.15) is 0 Å². The Kier molecular flexibility index (Phi) is 4.03. The number of alkyl halides is 2. The third-order valence-corrected chi connectivity index (χ3v) is 3.93. The average molecular weight is 229 g/mol. The fraction of sp³-hybridized carbons (Fsp3) is 1.00. The summed E-state index contributed by atoms with van der Waals surface area (Å²) in [6, 6.07) is 0. The molecule has 14 heavy (non-hydrogen) atoms. The molecule has 86 valence electrons. The lowest BCUT2D eigenvalue weighted by atomic mass is 9.89. The summed E-state index contributed by atoms with van der Waals surface area (Å²) < 4.78 is 50.6. The first-order chi connectivity index (χ1) is 6.02. The van der Waals surface area contributed by atoms with Gasteiger partial charge in [0.05, 0.1) is 5.75 Å². The molecule has 0 aromatic rings. The summed E-state index contributed by atoms with van der Waals surface area (Å²) in [5.41, 5.74) is -1.56. The van der Waals surface area contributed by atoms with Gasteiger partial charge in [-0.3, -0.25) is 0 Å². The van der Waals surface area contributed by atoms with Crippen molar-refractivity contribution in [3.05, 3.63) is 0 Å². The van der Waals surface area contributed by atoms with Crippen LogP contribution in [-0.4, -0.2) is 26.6 Å². The summed E-state index contributed by atoms with van der Waals surface area (Å²) in [6.45, 7) is 5.03. The molecule has 1 N–H and O–H groups in total. The summed E-state index contributed by atoms with van der Waals surface area (Å²) >= 11 is 0. The van der Waals surface area contributed by atoms with Crippen LogP contribution in [0.4, 0.5) is 8.78 Å². The van der Waals surface area contributed by atoms with Gasteiger partial charge in [-0.15, -0.1) is 0 Å². The minimum Gasteiger partial charge on any atom is -0.215 e. The zero-order valence-corrected chi connectivity index (χ0v) is 9.71. The molecular formula is C8H17F2NO2S. The van der Waals surface area contributed by atoms with Gasteiger partial charge in [-0.2, -0.15) is 0 Å². The molecule has 0 atom stereocenters. The summed E-state index contributed by atoms with van der Waals surface area (Å²) in [6.07, 6.45) is 0. The van der Waals surface area contributed by atoms with Gasteiger partial charge in [0.15, 0.2) is 0 Å². The highest BCUT2D eigenvalue weighted by molar-refractivity contribution is 7.89. The molecule has 0 saturated carbocycles. The van der Waals surface area contributed by atoms with Crippen LogP contribution in [0.15, 0.2) is 0 Å². The van der Waals surface area contributed by atoms with E-state index in [0.29, 0.717) is 0 Å². The Bertz CT molecular complexity index is 280. The molecule has 0 heterocycles. The van der Waals surface area contributed by atoms with E-state index in [-0.39, 0.29) is 6.54 Å². The van der Waals surface area contributed by atoms with Gasteiger partial charge in [0.25, 0.3) is 5.92 Å². The molecule has 0 radical (unpaired) electrons. The van der Waals surface area contributed by atoms with E-state index in [0.717, 1.165) is 6.92 Å². The summed E-state index contributed by atoms with van der Waals surface area (Å²) in [5.74, 6) is -3.59. The van der Waals surface area contributed by atoms with Crippen LogP contribution in [-0.2, 0) is 10.0 Å². The molecule has 0 fully saturated rings. The van der Waals surface area contributed by atoms with Crippen LogP contribution in [0, 0.1) is 5.41 Å². The van der Waals surface area contributed by atoms with Crippen molar-refractivity contribution in [2.45, 2.75) is 33.6 Å². The third kappa shape index (κ3) is 3.88. The molecule has 0 aromatic heterocycles. The predicted molar refractivity (Wildman–Crippen MR) is 51.9 cm³/mol. The Morgan fingerprint density at radius 3 is 1.93 bits per heavy atom. The highest BCUT2D eigenvalue weighted by Crippen LogP contribution is 2.36. The Morgan fingerprint density at radius 2 is 1.64 bits per heavy atom. The van der Waals surface area contributed by atoms with E-state index < -0.39 is 27.1 Å². The van der Waals surface area contributed by atoms with Gasteiger partial charge < -0.3 is 0 Å². The van der Waals surface area contributed by atoms with Gasteiger partial charge >= 0.3 is 0 Å². The maximum absolute atomic E-state index is 13.0. The molecule has 0 rings (SSSR count). The summed E-state index contributed by atoms with van der Waals surface area (Å²) in [7, 11) is -3.60. The van der Waals surface area contributed by atoms with Crippen molar-refractivity contribution in [3.63, 3.8) is 0 Å². The van der Waals surface area contributed by atoms with Gasteiger partial charge in [-0.05, 0) is 6.92 Å². The molecule has 0 saturated heterocycles. The SMILES string of the molecule is CCNS(=O)(=O)CC(C)(C)C(C)(F)F. The lowest BCUT2D eigenvalue weighted by Crippen LogP contribution is -2.43. The standard InChI is InChI=1S/C8H17F2NO2S/c1-5-11-14(12,13)6-7(2,3)8(4,9)10/h11H,5-6H2,1-4H3. The molecule has 0 bridgehead atoms. The number of halogens is 2. The highest BCUT2D eigenvalue weighted by atomic mass is 32.2. The van der Waals surface area contributed by atoms with Crippen LogP contribution < -0.4 is 4.72 Å². The quantitative estimate of drug-likeness (QED) is 0.778. The first kappa shape index (κ1) is 13.8. The normalized spacial score (nSPS) is 14.4. The van der Waals surface area contributed by atoms with E-state index in [9.17, 15) is 17.2 Å². The van der Waals surface area contributed by atoms with Crippen LogP contribution in [0.1, 0.15) is 27.7 Å². The number of nitrogens with one attached hydrogen (secondary N) is 1. The monoisotopic (exact) mass is 229 g/mol.